The Kier molecular flexibility index (Phi) is 27.3. The lowest BCUT2D eigenvalue weighted by Crippen LogP contribution is -2.64. The number of aryl methyl sites for hydroxylation is 5. The lowest BCUT2D eigenvalue weighted by molar-refractivity contribution is 0.669. The van der Waals surface area contributed by atoms with Crippen molar-refractivity contribution in [2.45, 2.75) is 60.8 Å². The van der Waals surface area contributed by atoms with Gasteiger partial charge in [0.2, 0.25) is 0 Å². The number of fused-ring (bicyclic) bond motifs is 15. The van der Waals surface area contributed by atoms with Gasteiger partial charge in [-0.05, 0) is 201 Å². The first-order valence-corrected chi connectivity index (χ1v) is 59.5. The van der Waals surface area contributed by atoms with Gasteiger partial charge in [0.15, 0.2) is 0 Å². The third-order valence-corrected chi connectivity index (χ3v) is 47.3. The topological polar surface area (TPSA) is 23.0 Å². The van der Waals surface area contributed by atoms with E-state index in [1.165, 1.54) is 188 Å². The fourth-order valence-corrected chi connectivity index (χ4v) is 35.5. The average Bonchev–Trinajstić information content (AvgIpc) is 1.68. The first-order chi connectivity index (χ1) is 69.5. The van der Waals surface area contributed by atoms with Crippen molar-refractivity contribution in [2.75, 3.05) is 0 Å². The van der Waals surface area contributed by atoms with Gasteiger partial charge in [0.1, 0.15) is 43.5 Å². The summed E-state index contributed by atoms with van der Waals surface area (Å²) in [5, 5.41) is 33.1. The lowest BCUT2D eigenvalue weighted by Gasteiger charge is -2.30. The molecule has 3 aromatic heterocycles. The summed E-state index contributed by atoms with van der Waals surface area (Å²) in [4.78, 5) is 0. The summed E-state index contributed by atoms with van der Waals surface area (Å²) in [7, 11) is -8.03. The molecule has 0 saturated carbocycles. The van der Waals surface area contributed by atoms with Crippen LogP contribution in [0.3, 0.4) is 0 Å². The highest BCUT2D eigenvalue weighted by atomic mass is 28.3. The SMILES string of the molecule is C[Si](c1ccccc1)(c1ccccc1)c1ccc(-n2c3ccccc3c3ccccc32)cc1.C[Si](c1ccccc1)(c1ccccc1)c1ccc(-n2c3ccccc3c3ccccc32)cc1.C[Si](c1ccccc1)(c1ccccc1)c1ccccc1.Cc1ccc([Si](C)(c2ccc(C)cc2)c2ccc(C)cc2)cc1.Cc1ccc2oc3ccccc3c2c1.Cc1cccc2c3ccccc3c3ccccc3c12. The Morgan fingerprint density at radius 1 is 0.155 bits per heavy atom. The number of hydrogen-bond donors (Lipinski definition) is 0. The molecule has 0 N–H and O–H groups in total. The van der Waals surface area contributed by atoms with Crippen molar-refractivity contribution in [1.29, 1.82) is 0 Å². The van der Waals surface area contributed by atoms with Crippen LogP contribution in [-0.2, 0) is 0 Å². The first kappa shape index (κ1) is 93.5. The van der Waals surface area contributed by atoms with E-state index < -0.39 is 32.3 Å². The number of hydrogen-bond acceptors (Lipinski definition) is 1. The van der Waals surface area contributed by atoms with E-state index in [-0.39, 0.29) is 0 Å². The van der Waals surface area contributed by atoms with Crippen LogP contribution in [0.2, 0.25) is 26.2 Å². The summed E-state index contributed by atoms with van der Waals surface area (Å²) in [6.45, 7) is 20.6. The van der Waals surface area contributed by atoms with Crippen molar-refractivity contribution in [3.8, 4) is 11.4 Å². The molecule has 0 saturated heterocycles. The van der Waals surface area contributed by atoms with Crippen LogP contribution in [0.15, 0.2) is 544 Å². The van der Waals surface area contributed by atoms with E-state index in [1.54, 1.807) is 0 Å². The van der Waals surface area contributed by atoms with Crippen molar-refractivity contribution in [3.05, 3.63) is 568 Å². The average molecular weight is 1890 g/mol. The highest BCUT2D eigenvalue weighted by Crippen LogP contribution is 2.38. The Morgan fingerprint density at radius 3 is 0.648 bits per heavy atom. The maximum absolute atomic E-state index is 5.71. The second-order valence-electron chi connectivity index (χ2n) is 38.2. The summed E-state index contributed by atoms with van der Waals surface area (Å²) >= 11 is 0. The second-order valence-corrected chi connectivity index (χ2v) is 54.1. The Morgan fingerprint density at radius 2 is 0.359 bits per heavy atom. The number of nitrogens with zero attached hydrogens (tertiary/aromatic N) is 2. The minimum absolute atomic E-state index is 0.966. The van der Waals surface area contributed by atoms with E-state index in [4.69, 9.17) is 4.42 Å². The number of para-hydroxylation sites is 5. The fourth-order valence-electron chi connectivity index (χ4n) is 21.3. The van der Waals surface area contributed by atoms with Gasteiger partial charge in [0.05, 0.1) is 22.1 Å². The third-order valence-electron chi connectivity index (χ3n) is 29.4. The Balaban J connectivity index is 0.000000107. The number of aromatic nitrogens is 2. The van der Waals surface area contributed by atoms with E-state index >= 15 is 0 Å². The normalized spacial score (nSPS) is 11.6. The van der Waals surface area contributed by atoms with Gasteiger partial charge < -0.3 is 13.6 Å². The molecule has 0 aliphatic heterocycles. The van der Waals surface area contributed by atoms with E-state index in [1.807, 2.05) is 24.3 Å². The smallest absolute Gasteiger partial charge is 0.145 e. The van der Waals surface area contributed by atoms with Gasteiger partial charge in [-0.25, -0.2) is 0 Å². The van der Waals surface area contributed by atoms with E-state index in [0.29, 0.717) is 0 Å². The van der Waals surface area contributed by atoms with Gasteiger partial charge in [-0.15, -0.1) is 0 Å². The van der Waals surface area contributed by atoms with Crippen LogP contribution in [0, 0.1) is 34.6 Å². The summed E-state index contributed by atoms with van der Waals surface area (Å²) < 4.78 is 10.5. The van der Waals surface area contributed by atoms with Crippen LogP contribution in [-0.4, -0.2) is 41.4 Å². The van der Waals surface area contributed by atoms with E-state index in [0.717, 1.165) is 11.2 Å². The largest absolute Gasteiger partial charge is 0.456 e. The van der Waals surface area contributed by atoms with Gasteiger partial charge in [-0.3, -0.25) is 0 Å². The second kappa shape index (κ2) is 41.5. The molecule has 7 heteroatoms. The molecular weight excluding hydrogens is 1780 g/mol. The summed E-state index contributed by atoms with van der Waals surface area (Å²) in [5.74, 6) is 0. The molecule has 0 aliphatic rings. The summed E-state index contributed by atoms with van der Waals surface area (Å²) in [6.07, 6.45) is 0. The van der Waals surface area contributed by atoms with Crippen molar-refractivity contribution in [1.82, 2.24) is 9.13 Å². The standard InChI is InChI=1S/2C31H25NSi.C22H24Si.C19H18Si.C19H14.C13H10O/c2*1-33(25-12-4-2-5-13-25,26-14-6-3-7-15-26)27-22-20-24(21-23-27)32-30-18-10-8-16-28(30)29-17-9-11-19-31(29)32;1-17-5-11-20(12-6-17)23(4,21-13-7-18(2)8-14-21)22-15-9-19(3)10-16-22;1-20(17-11-5-2-6-12-17,18-13-7-3-8-14-18)19-15-9-4-10-16-19;1-13-7-6-12-18-16-9-3-2-8-14(16)15-10-4-5-11-17(15)19(13)18;1-9-6-7-13-11(8-9)10-4-2-3-5-12(10)14-13/h2*2-23H,1H3;5-16H,1-4H3;2-16H,1H3;2-12H,1H3;2-8H,1H3. The monoisotopic (exact) mass is 1890 g/mol. The predicted molar refractivity (Wildman–Crippen MR) is 624 cm³/mol. The molecular formula is C135H116N2OSi4. The molecule has 0 unspecified atom stereocenters. The van der Waals surface area contributed by atoms with Gasteiger partial charge in [0, 0.05) is 43.7 Å². The van der Waals surface area contributed by atoms with Gasteiger partial charge >= 0.3 is 0 Å². The highest BCUT2D eigenvalue weighted by molar-refractivity contribution is 7.12. The van der Waals surface area contributed by atoms with Crippen LogP contribution in [0.25, 0.3) is 109 Å². The number of furan rings is 1. The van der Waals surface area contributed by atoms with Gasteiger partial charge in [-0.1, -0.05) is 522 Å². The Bertz CT molecular complexity index is 7950. The quantitative estimate of drug-likeness (QED) is 0.0604. The molecule has 0 radical (unpaired) electrons. The van der Waals surface area contributed by atoms with Gasteiger partial charge in [-0.2, -0.15) is 0 Å². The molecule has 25 rings (SSSR count). The number of rotatable bonds is 14. The van der Waals surface area contributed by atoms with Crippen LogP contribution in [0.4, 0.5) is 0 Å². The Labute approximate surface area is 839 Å². The predicted octanol–water partition coefficient (Wildman–Crippen LogP) is 27.6. The van der Waals surface area contributed by atoms with Crippen molar-refractivity contribution in [3.63, 3.8) is 0 Å². The molecule has 0 fully saturated rings. The Hall–Kier alpha value is -16.1. The van der Waals surface area contributed by atoms with Crippen LogP contribution < -0.4 is 62.2 Å². The molecule has 688 valence electrons. The molecule has 0 bridgehead atoms. The number of benzene rings is 22. The maximum atomic E-state index is 5.71. The third kappa shape index (κ3) is 18.5. The molecule has 3 heterocycles. The first-order valence-electron chi connectivity index (χ1n) is 49.5. The zero-order valence-corrected chi connectivity index (χ0v) is 86.2. The minimum Gasteiger partial charge on any atom is -0.456 e. The molecule has 3 nitrogen and oxygen atoms in total. The van der Waals surface area contributed by atoms with Crippen LogP contribution in [0.1, 0.15) is 27.8 Å². The zero-order chi connectivity index (χ0) is 97.2. The molecule has 0 aliphatic carbocycles. The van der Waals surface area contributed by atoms with Crippen molar-refractivity contribution in [2.24, 2.45) is 0 Å². The van der Waals surface area contributed by atoms with E-state index in [9.17, 15) is 0 Å². The van der Waals surface area contributed by atoms with E-state index in [2.05, 4.69) is 586 Å². The van der Waals surface area contributed by atoms with Gasteiger partial charge in [0.25, 0.3) is 0 Å². The zero-order valence-electron chi connectivity index (χ0n) is 82.2. The molecule has 0 atom stereocenters. The highest BCUT2D eigenvalue weighted by Gasteiger charge is 2.38. The fraction of sp³-hybridized carbons (Fsp3) is 0.0667. The summed E-state index contributed by atoms with van der Waals surface area (Å²) in [6, 6.07) is 196. The lowest BCUT2D eigenvalue weighted by atomic mass is 9.92. The summed E-state index contributed by atoms with van der Waals surface area (Å²) in [5.41, 5.74) is 15.9. The molecule has 0 amide bonds. The molecule has 25 aromatic rings. The molecule has 142 heavy (non-hydrogen) atoms. The molecule has 22 aromatic carbocycles. The minimum atomic E-state index is -2.10. The van der Waals surface area contributed by atoms with Crippen LogP contribution >= 0.6 is 0 Å². The van der Waals surface area contributed by atoms with Crippen LogP contribution in [0.5, 0.6) is 0 Å². The molecule has 0 spiro atoms. The van der Waals surface area contributed by atoms with Crippen molar-refractivity contribution < 1.29 is 4.42 Å². The van der Waals surface area contributed by atoms with Crippen molar-refractivity contribution >= 4 is 192 Å². The maximum Gasteiger partial charge on any atom is 0.145 e.